The number of pyridine rings is 1. The Kier molecular flexibility index (Phi) is 4.14. The minimum absolute atomic E-state index is 0.364. The second-order valence-corrected chi connectivity index (χ2v) is 3.89. The summed E-state index contributed by atoms with van der Waals surface area (Å²) >= 11 is 0. The number of halogens is 2. The minimum atomic E-state index is -1.19. The van der Waals surface area contributed by atoms with Crippen LogP contribution in [0.3, 0.4) is 0 Å². The molecule has 20 heavy (non-hydrogen) atoms. The Balaban J connectivity index is 2.17. The maximum atomic E-state index is 13.3. The van der Waals surface area contributed by atoms with Gasteiger partial charge in [0.25, 0.3) is 0 Å². The molecule has 0 N–H and O–H groups in total. The van der Waals surface area contributed by atoms with Crippen LogP contribution in [0.5, 0.6) is 0 Å². The van der Waals surface area contributed by atoms with Crippen molar-refractivity contribution in [3.63, 3.8) is 0 Å². The van der Waals surface area contributed by atoms with Gasteiger partial charge in [-0.1, -0.05) is 11.2 Å². The van der Waals surface area contributed by atoms with Crippen LogP contribution in [0, 0.1) is 11.6 Å². The molecule has 0 radical (unpaired) electrons. The Morgan fingerprint density at radius 2 is 1.90 bits per heavy atom. The quantitative estimate of drug-likeness (QED) is 0.492. The lowest BCUT2D eigenvalue weighted by Crippen LogP contribution is -2.08. The number of carbonyl (C=O) groups excluding carboxylic acids is 1. The van der Waals surface area contributed by atoms with Crippen molar-refractivity contribution >= 4 is 11.7 Å². The van der Waals surface area contributed by atoms with E-state index in [-0.39, 0.29) is 0 Å². The average Bonchev–Trinajstić information content (AvgIpc) is 2.45. The third kappa shape index (κ3) is 3.03. The van der Waals surface area contributed by atoms with Crippen LogP contribution in [0.15, 0.2) is 47.9 Å². The van der Waals surface area contributed by atoms with Gasteiger partial charge in [0.05, 0.1) is 5.71 Å². The molecule has 0 unspecified atom stereocenters. The highest BCUT2D eigenvalue weighted by Crippen LogP contribution is 2.13. The highest BCUT2D eigenvalue weighted by Gasteiger charge is 2.18. The first kappa shape index (κ1) is 13.8. The number of oxime groups is 1. The normalized spacial score (nSPS) is 11.2. The molecule has 0 spiro atoms. The molecule has 2 rings (SSSR count). The molecule has 102 valence electrons. The van der Waals surface area contributed by atoms with Crippen LogP contribution in [0.25, 0.3) is 0 Å². The van der Waals surface area contributed by atoms with Crippen LogP contribution < -0.4 is 0 Å². The van der Waals surface area contributed by atoms with Crippen molar-refractivity contribution in [2.45, 2.75) is 6.92 Å². The van der Waals surface area contributed by atoms with E-state index < -0.39 is 23.2 Å². The molecule has 0 bridgehead atoms. The molecular formula is C14H10F2N2O2. The summed E-state index contributed by atoms with van der Waals surface area (Å²) in [5, 5.41) is 3.55. The molecule has 6 heteroatoms. The van der Waals surface area contributed by atoms with Gasteiger partial charge in [0.2, 0.25) is 0 Å². The van der Waals surface area contributed by atoms with Gasteiger partial charge in [0.15, 0.2) is 0 Å². The fourth-order valence-electron chi connectivity index (χ4n) is 1.48. The number of nitrogens with zero attached hydrogens (tertiary/aromatic N) is 2. The van der Waals surface area contributed by atoms with Crippen molar-refractivity contribution in [1.82, 2.24) is 4.98 Å². The molecule has 0 amide bonds. The van der Waals surface area contributed by atoms with E-state index in [1.807, 2.05) is 0 Å². The van der Waals surface area contributed by atoms with Crippen molar-refractivity contribution < 1.29 is 18.4 Å². The predicted octanol–water partition coefficient (Wildman–Crippen LogP) is 2.94. The molecule has 1 heterocycles. The van der Waals surface area contributed by atoms with E-state index in [0.717, 1.165) is 18.2 Å². The first-order valence-corrected chi connectivity index (χ1v) is 5.70. The van der Waals surface area contributed by atoms with E-state index in [9.17, 15) is 13.6 Å². The Labute approximate surface area is 113 Å². The first-order chi connectivity index (χ1) is 9.59. The van der Waals surface area contributed by atoms with Gasteiger partial charge in [-0.2, -0.15) is 0 Å². The zero-order valence-electron chi connectivity index (χ0n) is 10.5. The number of rotatable bonds is 3. The zero-order valence-corrected chi connectivity index (χ0v) is 10.5. The van der Waals surface area contributed by atoms with Crippen LogP contribution in [0.1, 0.15) is 22.8 Å². The Hall–Kier alpha value is -2.63. The number of carbonyl (C=O) groups is 1. The molecule has 1 aromatic carbocycles. The smallest absolute Gasteiger partial charge is 0.312 e. The zero-order chi connectivity index (χ0) is 14.5. The monoisotopic (exact) mass is 276 g/mol. The molecule has 0 saturated carbocycles. The van der Waals surface area contributed by atoms with E-state index in [0.29, 0.717) is 11.3 Å². The summed E-state index contributed by atoms with van der Waals surface area (Å²) < 4.78 is 26.7. The van der Waals surface area contributed by atoms with Gasteiger partial charge in [0.1, 0.15) is 17.2 Å². The number of hydrogen-bond acceptors (Lipinski definition) is 4. The summed E-state index contributed by atoms with van der Waals surface area (Å²) in [5.41, 5.74) is 0.229. The second kappa shape index (κ2) is 6.01. The minimum Gasteiger partial charge on any atom is -0.312 e. The van der Waals surface area contributed by atoms with E-state index in [1.54, 1.807) is 25.3 Å². The second-order valence-electron chi connectivity index (χ2n) is 3.89. The van der Waals surface area contributed by atoms with Crippen LogP contribution in [0.4, 0.5) is 8.78 Å². The summed E-state index contributed by atoms with van der Waals surface area (Å²) in [6.45, 7) is 1.59. The fraction of sp³-hybridized carbons (Fsp3) is 0.0714. The highest BCUT2D eigenvalue weighted by atomic mass is 19.1. The molecule has 0 aliphatic carbocycles. The summed E-state index contributed by atoms with van der Waals surface area (Å²) in [5.74, 6) is -3.18. The SMILES string of the molecule is CC(=NOC(=O)c1c(F)cccc1F)c1cccnc1. The first-order valence-electron chi connectivity index (χ1n) is 5.70. The average molecular weight is 276 g/mol. The van der Waals surface area contributed by atoms with Crippen LogP contribution in [0.2, 0.25) is 0 Å². The van der Waals surface area contributed by atoms with Gasteiger partial charge >= 0.3 is 5.97 Å². The van der Waals surface area contributed by atoms with Gasteiger partial charge in [-0.3, -0.25) is 4.98 Å². The van der Waals surface area contributed by atoms with Gasteiger partial charge in [0, 0.05) is 18.0 Å². The molecule has 1 aromatic heterocycles. The Bertz CT molecular complexity index is 637. The molecule has 0 aliphatic heterocycles. The van der Waals surface area contributed by atoms with Gasteiger partial charge < -0.3 is 4.84 Å². The predicted molar refractivity (Wildman–Crippen MR) is 68.2 cm³/mol. The molecule has 0 fully saturated rings. The maximum absolute atomic E-state index is 13.3. The van der Waals surface area contributed by atoms with Crippen LogP contribution in [-0.2, 0) is 4.84 Å². The van der Waals surface area contributed by atoms with Gasteiger partial charge in [-0.15, -0.1) is 0 Å². The maximum Gasteiger partial charge on any atom is 0.371 e. The number of aromatic nitrogens is 1. The lowest BCUT2D eigenvalue weighted by Gasteiger charge is -2.03. The van der Waals surface area contributed by atoms with Crippen LogP contribution in [-0.4, -0.2) is 16.7 Å². The van der Waals surface area contributed by atoms with E-state index in [1.165, 1.54) is 6.20 Å². The third-order valence-corrected chi connectivity index (χ3v) is 2.51. The Morgan fingerprint density at radius 3 is 2.50 bits per heavy atom. The van der Waals surface area contributed by atoms with Crippen LogP contribution >= 0.6 is 0 Å². The van der Waals surface area contributed by atoms with Crippen molar-refractivity contribution in [1.29, 1.82) is 0 Å². The fourth-order valence-corrected chi connectivity index (χ4v) is 1.48. The molecular weight excluding hydrogens is 266 g/mol. The summed E-state index contributed by atoms with van der Waals surface area (Å²) in [7, 11) is 0. The van der Waals surface area contributed by atoms with E-state index >= 15 is 0 Å². The lowest BCUT2D eigenvalue weighted by atomic mass is 10.2. The summed E-state index contributed by atoms with van der Waals surface area (Å²) in [4.78, 5) is 20.0. The van der Waals surface area contributed by atoms with Crippen molar-refractivity contribution in [3.8, 4) is 0 Å². The van der Waals surface area contributed by atoms with Gasteiger partial charge in [-0.05, 0) is 31.2 Å². The molecule has 0 saturated heterocycles. The third-order valence-electron chi connectivity index (χ3n) is 2.51. The summed E-state index contributed by atoms with van der Waals surface area (Å²) in [6, 6.07) is 6.50. The van der Waals surface area contributed by atoms with Crippen molar-refractivity contribution in [2.24, 2.45) is 5.16 Å². The molecule has 2 aromatic rings. The van der Waals surface area contributed by atoms with Gasteiger partial charge in [-0.25, -0.2) is 13.6 Å². The van der Waals surface area contributed by atoms with E-state index in [2.05, 4.69) is 15.0 Å². The molecule has 4 nitrogen and oxygen atoms in total. The largest absolute Gasteiger partial charge is 0.371 e. The topological polar surface area (TPSA) is 51.5 Å². The molecule has 0 aliphatic rings. The standard InChI is InChI=1S/C14H10F2N2O2/c1-9(10-4-3-7-17-8-10)18-20-14(19)13-11(15)5-2-6-12(13)16/h2-8H,1H3. The van der Waals surface area contributed by atoms with E-state index in [4.69, 9.17) is 0 Å². The van der Waals surface area contributed by atoms with Crippen molar-refractivity contribution in [3.05, 3.63) is 65.5 Å². The lowest BCUT2D eigenvalue weighted by molar-refractivity contribution is 0.0505. The van der Waals surface area contributed by atoms with Crippen molar-refractivity contribution in [2.75, 3.05) is 0 Å². The number of benzene rings is 1. The molecule has 0 atom stereocenters. The highest BCUT2D eigenvalue weighted by molar-refractivity contribution is 5.99. The number of hydrogen-bond donors (Lipinski definition) is 0. The summed E-state index contributed by atoms with van der Waals surface area (Å²) in [6.07, 6.45) is 3.11. The Morgan fingerprint density at radius 1 is 1.20 bits per heavy atom.